The molecule has 0 amide bonds. The summed E-state index contributed by atoms with van der Waals surface area (Å²) in [4.78, 5) is 2.00. The number of ether oxygens (including phenoxy) is 2. The van der Waals surface area contributed by atoms with Crippen LogP contribution in [-0.4, -0.2) is 31.8 Å². The SMILES string of the molecule is Cc1cc2c(cc1CCN(C)CC#N)OCO2. The standard InChI is InChI=1S/C13H16N2O2/c1-10-7-12-13(17-9-16-12)8-11(10)3-5-15(2)6-4-14/h7-8H,3,5-6,9H2,1-2H3. The highest BCUT2D eigenvalue weighted by Gasteiger charge is 2.15. The monoisotopic (exact) mass is 232 g/mol. The van der Waals surface area contributed by atoms with Gasteiger partial charge in [0.25, 0.3) is 0 Å². The molecule has 0 unspecified atom stereocenters. The van der Waals surface area contributed by atoms with Crippen LogP contribution >= 0.6 is 0 Å². The van der Waals surface area contributed by atoms with Crippen LogP contribution in [0.15, 0.2) is 12.1 Å². The molecule has 0 spiro atoms. The predicted molar refractivity (Wildman–Crippen MR) is 64.1 cm³/mol. The molecule has 17 heavy (non-hydrogen) atoms. The van der Waals surface area contributed by atoms with Gasteiger partial charge in [0.1, 0.15) is 0 Å². The minimum absolute atomic E-state index is 0.312. The van der Waals surface area contributed by atoms with Gasteiger partial charge in [-0.15, -0.1) is 0 Å². The highest BCUT2D eigenvalue weighted by molar-refractivity contribution is 5.48. The maximum absolute atomic E-state index is 8.59. The Kier molecular flexibility index (Phi) is 3.50. The maximum Gasteiger partial charge on any atom is 0.231 e. The van der Waals surface area contributed by atoms with Gasteiger partial charge < -0.3 is 9.47 Å². The molecule has 0 atom stereocenters. The van der Waals surface area contributed by atoms with Crippen molar-refractivity contribution in [2.24, 2.45) is 0 Å². The van der Waals surface area contributed by atoms with Crippen LogP contribution in [0.5, 0.6) is 11.5 Å². The quantitative estimate of drug-likeness (QED) is 0.741. The highest BCUT2D eigenvalue weighted by Crippen LogP contribution is 2.34. The van der Waals surface area contributed by atoms with Crippen LogP contribution in [0.2, 0.25) is 0 Å². The lowest BCUT2D eigenvalue weighted by atomic mass is 10.0. The average molecular weight is 232 g/mol. The molecule has 90 valence electrons. The predicted octanol–water partition coefficient (Wildman–Crippen LogP) is 1.72. The zero-order chi connectivity index (χ0) is 12.3. The van der Waals surface area contributed by atoms with E-state index in [1.807, 2.05) is 24.1 Å². The van der Waals surface area contributed by atoms with E-state index in [0.29, 0.717) is 13.3 Å². The van der Waals surface area contributed by atoms with E-state index in [0.717, 1.165) is 24.5 Å². The molecule has 0 N–H and O–H groups in total. The normalized spacial score (nSPS) is 12.8. The molecule has 1 aromatic rings. The van der Waals surface area contributed by atoms with Gasteiger partial charge in [0.2, 0.25) is 6.79 Å². The lowest BCUT2D eigenvalue weighted by Gasteiger charge is -2.13. The molecule has 1 aliphatic rings. The van der Waals surface area contributed by atoms with Crippen LogP contribution in [0.1, 0.15) is 11.1 Å². The Bertz CT molecular complexity index is 451. The first-order valence-corrected chi connectivity index (χ1v) is 5.65. The first kappa shape index (κ1) is 11.7. The molecule has 1 heterocycles. The molecular weight excluding hydrogens is 216 g/mol. The summed E-state index contributed by atoms with van der Waals surface area (Å²) >= 11 is 0. The third kappa shape index (κ3) is 2.69. The summed E-state index contributed by atoms with van der Waals surface area (Å²) in [6.45, 7) is 3.71. The number of nitriles is 1. The van der Waals surface area contributed by atoms with Crippen LogP contribution in [0.3, 0.4) is 0 Å². The van der Waals surface area contributed by atoms with E-state index < -0.39 is 0 Å². The number of aryl methyl sites for hydroxylation is 1. The van der Waals surface area contributed by atoms with Crippen molar-refractivity contribution in [2.45, 2.75) is 13.3 Å². The first-order chi connectivity index (χ1) is 8.20. The molecule has 0 aromatic heterocycles. The van der Waals surface area contributed by atoms with Crippen molar-refractivity contribution in [3.8, 4) is 17.6 Å². The molecular formula is C13H16N2O2. The Hall–Kier alpha value is -1.73. The molecule has 0 bridgehead atoms. The Balaban J connectivity index is 2.04. The number of benzene rings is 1. The minimum atomic E-state index is 0.312. The number of likely N-dealkylation sites (N-methyl/N-ethyl adjacent to an activating group) is 1. The van der Waals surface area contributed by atoms with Gasteiger partial charge in [-0.25, -0.2) is 0 Å². The van der Waals surface area contributed by atoms with Gasteiger partial charge in [0.05, 0.1) is 12.6 Å². The van der Waals surface area contributed by atoms with E-state index in [-0.39, 0.29) is 0 Å². The number of hydrogen-bond acceptors (Lipinski definition) is 4. The van der Waals surface area contributed by atoms with Gasteiger partial charge in [-0.2, -0.15) is 5.26 Å². The smallest absolute Gasteiger partial charge is 0.231 e. The molecule has 0 radical (unpaired) electrons. The third-order valence-corrected chi connectivity index (χ3v) is 2.93. The van der Waals surface area contributed by atoms with Crippen molar-refractivity contribution >= 4 is 0 Å². The second kappa shape index (κ2) is 5.07. The van der Waals surface area contributed by atoms with E-state index >= 15 is 0 Å². The van der Waals surface area contributed by atoms with Gasteiger partial charge >= 0.3 is 0 Å². The van der Waals surface area contributed by atoms with Crippen molar-refractivity contribution in [1.29, 1.82) is 5.26 Å². The fourth-order valence-corrected chi connectivity index (χ4v) is 1.87. The van der Waals surface area contributed by atoms with Gasteiger partial charge in [0.15, 0.2) is 11.5 Å². The average Bonchev–Trinajstić information content (AvgIpc) is 2.73. The van der Waals surface area contributed by atoms with E-state index in [4.69, 9.17) is 14.7 Å². The van der Waals surface area contributed by atoms with Gasteiger partial charge in [0, 0.05) is 6.54 Å². The van der Waals surface area contributed by atoms with Gasteiger partial charge in [-0.05, 0) is 43.7 Å². The van der Waals surface area contributed by atoms with E-state index in [1.54, 1.807) is 0 Å². The van der Waals surface area contributed by atoms with Crippen molar-refractivity contribution in [3.63, 3.8) is 0 Å². The molecule has 0 saturated carbocycles. The summed E-state index contributed by atoms with van der Waals surface area (Å²) in [5.41, 5.74) is 2.46. The summed E-state index contributed by atoms with van der Waals surface area (Å²) in [5, 5.41) is 8.59. The minimum Gasteiger partial charge on any atom is -0.454 e. The molecule has 0 aliphatic carbocycles. The van der Waals surface area contributed by atoms with Gasteiger partial charge in [-0.3, -0.25) is 4.90 Å². The second-order valence-corrected chi connectivity index (χ2v) is 4.28. The second-order valence-electron chi connectivity index (χ2n) is 4.28. The zero-order valence-corrected chi connectivity index (χ0v) is 10.2. The topological polar surface area (TPSA) is 45.5 Å². The fourth-order valence-electron chi connectivity index (χ4n) is 1.87. The number of fused-ring (bicyclic) bond motifs is 1. The number of hydrogen-bond donors (Lipinski definition) is 0. The van der Waals surface area contributed by atoms with Crippen LogP contribution in [0.25, 0.3) is 0 Å². The molecule has 0 saturated heterocycles. The van der Waals surface area contributed by atoms with E-state index in [1.165, 1.54) is 11.1 Å². The van der Waals surface area contributed by atoms with Crippen LogP contribution in [0, 0.1) is 18.3 Å². The van der Waals surface area contributed by atoms with E-state index in [2.05, 4.69) is 13.0 Å². The lowest BCUT2D eigenvalue weighted by Crippen LogP contribution is -2.21. The fraction of sp³-hybridized carbons (Fsp3) is 0.462. The molecule has 1 aromatic carbocycles. The Morgan fingerprint density at radius 3 is 2.76 bits per heavy atom. The molecule has 1 aliphatic heterocycles. The first-order valence-electron chi connectivity index (χ1n) is 5.65. The summed E-state index contributed by atoms with van der Waals surface area (Å²) in [5.74, 6) is 1.66. The van der Waals surface area contributed by atoms with Crippen LogP contribution in [-0.2, 0) is 6.42 Å². The maximum atomic E-state index is 8.59. The number of rotatable bonds is 4. The summed E-state index contributed by atoms with van der Waals surface area (Å²) in [7, 11) is 1.95. The zero-order valence-electron chi connectivity index (χ0n) is 10.2. The summed E-state index contributed by atoms with van der Waals surface area (Å²) < 4.78 is 10.7. The van der Waals surface area contributed by atoms with Crippen molar-refractivity contribution in [3.05, 3.63) is 23.3 Å². The molecule has 2 rings (SSSR count). The molecule has 4 heteroatoms. The Morgan fingerprint density at radius 2 is 2.06 bits per heavy atom. The third-order valence-electron chi connectivity index (χ3n) is 2.93. The molecule has 0 fully saturated rings. The van der Waals surface area contributed by atoms with E-state index in [9.17, 15) is 0 Å². The van der Waals surface area contributed by atoms with Crippen molar-refractivity contribution in [2.75, 3.05) is 26.9 Å². The lowest BCUT2D eigenvalue weighted by molar-refractivity contribution is 0.174. The molecule has 4 nitrogen and oxygen atoms in total. The van der Waals surface area contributed by atoms with Crippen molar-refractivity contribution < 1.29 is 9.47 Å². The van der Waals surface area contributed by atoms with Crippen LogP contribution < -0.4 is 9.47 Å². The Labute approximate surface area is 101 Å². The summed E-state index contributed by atoms with van der Waals surface area (Å²) in [6, 6.07) is 6.20. The highest BCUT2D eigenvalue weighted by atomic mass is 16.7. The number of nitrogens with zero attached hydrogens (tertiary/aromatic N) is 2. The van der Waals surface area contributed by atoms with Crippen LogP contribution in [0.4, 0.5) is 0 Å². The Morgan fingerprint density at radius 1 is 1.35 bits per heavy atom. The summed E-state index contributed by atoms with van der Waals surface area (Å²) in [6.07, 6.45) is 0.917. The largest absolute Gasteiger partial charge is 0.454 e. The van der Waals surface area contributed by atoms with Crippen molar-refractivity contribution in [1.82, 2.24) is 4.90 Å². The van der Waals surface area contributed by atoms with Gasteiger partial charge in [-0.1, -0.05) is 0 Å².